The fourth-order valence-electron chi connectivity index (χ4n) is 2.59. The van der Waals surface area contributed by atoms with E-state index in [1.807, 2.05) is 24.3 Å². The summed E-state index contributed by atoms with van der Waals surface area (Å²) in [5.74, 6) is 1.49. The maximum atomic E-state index is 12.8. The summed E-state index contributed by atoms with van der Waals surface area (Å²) >= 11 is 1.47. The van der Waals surface area contributed by atoms with Crippen LogP contribution < -0.4 is 4.74 Å². The Bertz CT molecular complexity index is 785. The standard InChI is InChI=1S/C19H21N3O3S/c1-3-5-17-18(23)22(13-14-7-9-15(24-2)10-8-14)19(26-17)21-20-12-16-6-4-11-25-16/h4,6-12,17H,3,5,13H2,1-2H3/b20-12-,21-19+/t17-/m0/s1. The van der Waals surface area contributed by atoms with E-state index >= 15 is 0 Å². The summed E-state index contributed by atoms with van der Waals surface area (Å²) in [6, 6.07) is 11.3. The largest absolute Gasteiger partial charge is 0.497 e. The van der Waals surface area contributed by atoms with Crippen LogP contribution in [0.1, 0.15) is 31.1 Å². The van der Waals surface area contributed by atoms with E-state index in [4.69, 9.17) is 9.15 Å². The number of hydrogen-bond donors (Lipinski definition) is 0. The minimum atomic E-state index is -0.101. The van der Waals surface area contributed by atoms with Crippen molar-refractivity contribution in [1.29, 1.82) is 0 Å². The van der Waals surface area contributed by atoms with Gasteiger partial charge in [-0.1, -0.05) is 37.2 Å². The molecule has 1 amide bonds. The highest BCUT2D eigenvalue weighted by Crippen LogP contribution is 2.31. The molecule has 7 heteroatoms. The normalized spacial score (nSPS) is 19.0. The van der Waals surface area contributed by atoms with Gasteiger partial charge >= 0.3 is 0 Å². The fourth-order valence-corrected chi connectivity index (χ4v) is 3.80. The van der Waals surface area contributed by atoms with Crippen LogP contribution in [-0.4, -0.2) is 34.5 Å². The zero-order valence-corrected chi connectivity index (χ0v) is 15.6. The molecule has 1 aromatic heterocycles. The third-order valence-corrected chi connectivity index (χ3v) is 5.18. The lowest BCUT2D eigenvalue weighted by Crippen LogP contribution is -2.31. The molecule has 1 aliphatic heterocycles. The van der Waals surface area contributed by atoms with Crippen molar-refractivity contribution in [3.8, 4) is 5.75 Å². The third-order valence-electron chi connectivity index (χ3n) is 3.94. The van der Waals surface area contributed by atoms with Crippen LogP contribution in [0.15, 0.2) is 57.3 Å². The maximum absolute atomic E-state index is 12.8. The fraction of sp³-hybridized carbons (Fsp3) is 0.316. The predicted molar refractivity (Wildman–Crippen MR) is 104 cm³/mol. The third kappa shape index (κ3) is 4.35. The number of rotatable bonds is 7. The molecule has 0 N–H and O–H groups in total. The van der Waals surface area contributed by atoms with Crippen molar-refractivity contribution in [2.45, 2.75) is 31.6 Å². The molecule has 1 saturated heterocycles. The van der Waals surface area contributed by atoms with Crippen LogP contribution in [0.2, 0.25) is 0 Å². The quantitative estimate of drug-likeness (QED) is 0.546. The summed E-state index contributed by atoms with van der Waals surface area (Å²) in [7, 11) is 1.63. The van der Waals surface area contributed by atoms with Gasteiger partial charge < -0.3 is 9.15 Å². The van der Waals surface area contributed by atoms with Crippen molar-refractivity contribution < 1.29 is 13.9 Å². The lowest BCUT2D eigenvalue weighted by atomic mass is 10.2. The highest BCUT2D eigenvalue weighted by Gasteiger charge is 2.37. The van der Waals surface area contributed by atoms with Gasteiger partial charge in [0.2, 0.25) is 5.91 Å². The number of amides is 1. The SMILES string of the molecule is CCC[C@@H]1S/C(=N/N=C\c2ccco2)N(Cc2ccc(OC)cc2)C1=O. The number of nitrogens with zero attached hydrogens (tertiary/aromatic N) is 3. The Morgan fingerprint density at radius 2 is 2.12 bits per heavy atom. The molecule has 2 aromatic rings. The molecule has 0 bridgehead atoms. The van der Waals surface area contributed by atoms with Crippen LogP contribution in [0.5, 0.6) is 5.75 Å². The Labute approximate surface area is 156 Å². The molecule has 0 spiro atoms. The highest BCUT2D eigenvalue weighted by atomic mass is 32.2. The van der Waals surface area contributed by atoms with E-state index in [0.29, 0.717) is 17.5 Å². The molecule has 0 radical (unpaired) electrons. The first-order valence-electron chi connectivity index (χ1n) is 8.46. The average molecular weight is 371 g/mol. The van der Waals surface area contributed by atoms with Gasteiger partial charge in [-0.3, -0.25) is 9.69 Å². The number of ether oxygens (including phenoxy) is 1. The molecule has 6 nitrogen and oxygen atoms in total. The lowest BCUT2D eigenvalue weighted by Gasteiger charge is -2.16. The molecule has 2 heterocycles. The summed E-state index contributed by atoms with van der Waals surface area (Å²) in [6.45, 7) is 2.54. The van der Waals surface area contributed by atoms with Crippen LogP contribution in [0.3, 0.4) is 0 Å². The molecular formula is C19H21N3O3S. The topological polar surface area (TPSA) is 67.4 Å². The van der Waals surface area contributed by atoms with Gasteiger partial charge in [0, 0.05) is 0 Å². The molecule has 1 aromatic carbocycles. The second-order valence-corrected chi connectivity index (χ2v) is 6.98. The Morgan fingerprint density at radius 1 is 1.31 bits per heavy atom. The zero-order chi connectivity index (χ0) is 18.4. The molecule has 1 atom stereocenters. The first-order chi connectivity index (χ1) is 12.7. The molecule has 0 aliphatic carbocycles. The minimum absolute atomic E-state index is 0.0830. The summed E-state index contributed by atoms with van der Waals surface area (Å²) in [6.07, 6.45) is 4.89. The monoisotopic (exact) mass is 371 g/mol. The Balaban J connectivity index is 1.78. The predicted octanol–water partition coefficient (Wildman–Crippen LogP) is 3.92. The van der Waals surface area contributed by atoms with Crippen molar-refractivity contribution in [3.05, 3.63) is 54.0 Å². The van der Waals surface area contributed by atoms with Crippen molar-refractivity contribution in [2.75, 3.05) is 7.11 Å². The van der Waals surface area contributed by atoms with E-state index in [9.17, 15) is 4.79 Å². The van der Waals surface area contributed by atoms with E-state index in [2.05, 4.69) is 17.1 Å². The van der Waals surface area contributed by atoms with E-state index < -0.39 is 0 Å². The number of carbonyl (C=O) groups excluding carboxylic acids is 1. The lowest BCUT2D eigenvalue weighted by molar-refractivity contribution is -0.126. The first kappa shape index (κ1) is 18.3. The van der Waals surface area contributed by atoms with Crippen LogP contribution in [0.25, 0.3) is 0 Å². The zero-order valence-electron chi connectivity index (χ0n) is 14.8. The van der Waals surface area contributed by atoms with Crippen molar-refractivity contribution >= 4 is 29.1 Å². The number of thioether (sulfide) groups is 1. The molecule has 26 heavy (non-hydrogen) atoms. The molecule has 136 valence electrons. The molecule has 3 rings (SSSR count). The van der Waals surface area contributed by atoms with Gasteiger partial charge in [-0.2, -0.15) is 5.10 Å². The van der Waals surface area contributed by atoms with Crippen molar-refractivity contribution in [2.24, 2.45) is 10.2 Å². The molecular weight excluding hydrogens is 350 g/mol. The summed E-state index contributed by atoms with van der Waals surface area (Å²) in [5.41, 5.74) is 1.01. The van der Waals surface area contributed by atoms with Gasteiger partial charge in [-0.25, -0.2) is 0 Å². The molecule has 0 saturated carbocycles. The van der Waals surface area contributed by atoms with Crippen molar-refractivity contribution in [3.63, 3.8) is 0 Å². The first-order valence-corrected chi connectivity index (χ1v) is 9.34. The molecule has 0 unspecified atom stereocenters. The van der Waals surface area contributed by atoms with Crippen LogP contribution in [0.4, 0.5) is 0 Å². The van der Waals surface area contributed by atoms with E-state index in [0.717, 1.165) is 24.2 Å². The minimum Gasteiger partial charge on any atom is -0.497 e. The second-order valence-electron chi connectivity index (χ2n) is 5.81. The molecule has 1 fully saturated rings. The number of furan rings is 1. The number of methoxy groups -OCH3 is 1. The maximum Gasteiger partial charge on any atom is 0.242 e. The van der Waals surface area contributed by atoms with Gasteiger partial charge in [-0.05, 0) is 36.2 Å². The van der Waals surface area contributed by atoms with E-state index in [1.54, 1.807) is 30.4 Å². The number of hydrogen-bond acceptors (Lipinski definition) is 6. The van der Waals surface area contributed by atoms with E-state index in [1.165, 1.54) is 18.0 Å². The van der Waals surface area contributed by atoms with Gasteiger partial charge in [0.05, 0.1) is 31.4 Å². The smallest absolute Gasteiger partial charge is 0.242 e. The number of benzene rings is 1. The van der Waals surface area contributed by atoms with E-state index in [-0.39, 0.29) is 11.2 Å². The average Bonchev–Trinajstić information content (AvgIpc) is 3.27. The summed E-state index contributed by atoms with van der Waals surface area (Å²) in [5, 5.41) is 8.86. The summed E-state index contributed by atoms with van der Waals surface area (Å²) < 4.78 is 10.4. The number of amidine groups is 1. The second kappa shape index (κ2) is 8.71. The van der Waals surface area contributed by atoms with Crippen LogP contribution >= 0.6 is 11.8 Å². The Morgan fingerprint density at radius 3 is 2.77 bits per heavy atom. The van der Waals surface area contributed by atoms with Crippen LogP contribution in [0, 0.1) is 0 Å². The Kier molecular flexibility index (Phi) is 6.12. The Hall–Kier alpha value is -2.54. The van der Waals surface area contributed by atoms with Crippen molar-refractivity contribution in [1.82, 2.24) is 4.90 Å². The van der Waals surface area contributed by atoms with Gasteiger partial charge in [0.15, 0.2) is 5.17 Å². The van der Waals surface area contributed by atoms with Crippen LogP contribution in [-0.2, 0) is 11.3 Å². The van der Waals surface area contributed by atoms with Gasteiger partial charge in [0.25, 0.3) is 0 Å². The van der Waals surface area contributed by atoms with Gasteiger partial charge in [-0.15, -0.1) is 5.10 Å². The summed E-state index contributed by atoms with van der Waals surface area (Å²) in [4.78, 5) is 14.5. The number of carbonyl (C=O) groups is 1. The molecule has 1 aliphatic rings. The highest BCUT2D eigenvalue weighted by molar-refractivity contribution is 8.15. The van der Waals surface area contributed by atoms with Gasteiger partial charge in [0.1, 0.15) is 11.5 Å².